The molecule has 1 aliphatic rings. The Morgan fingerprint density at radius 2 is 1.89 bits per heavy atom. The second-order valence-corrected chi connectivity index (χ2v) is 12.2. The first-order valence-electron chi connectivity index (χ1n) is 10.1. The highest BCUT2D eigenvalue weighted by molar-refractivity contribution is 7.66. The van der Waals surface area contributed by atoms with E-state index in [1.807, 2.05) is 6.92 Å². The van der Waals surface area contributed by atoms with Crippen LogP contribution >= 0.6 is 23.5 Å². The zero-order valence-corrected chi connectivity index (χ0v) is 21.0. The van der Waals surface area contributed by atoms with Crippen LogP contribution in [0.1, 0.15) is 26.0 Å². The highest BCUT2D eigenvalue weighted by Gasteiger charge is 2.41. The van der Waals surface area contributed by atoms with Crippen molar-refractivity contribution in [1.29, 1.82) is 0 Å². The van der Waals surface area contributed by atoms with Crippen LogP contribution in [0, 0.1) is 5.92 Å². The zero-order valence-electron chi connectivity index (χ0n) is 18.3. The molecule has 3 aromatic heterocycles. The van der Waals surface area contributed by atoms with E-state index in [0.717, 1.165) is 0 Å². The van der Waals surface area contributed by atoms with Crippen molar-refractivity contribution in [3.8, 4) is 11.4 Å². The average Bonchev–Trinajstić information content (AvgIpc) is 3.44. The molecule has 5 atom stereocenters. The van der Waals surface area contributed by atoms with Crippen molar-refractivity contribution in [2.45, 2.75) is 32.1 Å². The SMILES string of the molecule is CC1CC(CCOP(=O)(O)OP(=O)(O)OP(=O)(O)O)OC1n1cc(-c2ncon2)c2c(N)ncnc21. The minimum Gasteiger partial charge on any atom is -0.383 e. The smallest absolute Gasteiger partial charge is 0.383 e. The van der Waals surface area contributed by atoms with Crippen molar-refractivity contribution < 1.29 is 55.7 Å². The Labute approximate surface area is 201 Å². The van der Waals surface area contributed by atoms with Gasteiger partial charge in [0.2, 0.25) is 12.2 Å². The molecule has 0 aromatic carbocycles. The zero-order chi connectivity index (χ0) is 26.3. The second-order valence-electron chi connectivity index (χ2n) is 7.74. The predicted molar refractivity (Wildman–Crippen MR) is 117 cm³/mol. The van der Waals surface area contributed by atoms with Gasteiger partial charge in [-0.1, -0.05) is 12.1 Å². The molecular weight excluding hydrogens is 549 g/mol. The highest BCUT2D eigenvalue weighted by Crippen LogP contribution is 2.66. The Kier molecular flexibility index (Phi) is 7.50. The molecule has 0 amide bonds. The standard InChI is InChI=1S/C15H21N6O12P3/c1-8-4-9(2-3-30-35(25,26)33-36(27,28)32-34(22,23)24)31-15(8)21-5-10(13-19-7-29-20-13)11-12(16)17-6-18-14(11)21/h5-9,15H,2-4H2,1H3,(H,25,26)(H,27,28)(H2,16,17,18)(H2,22,23,24). The van der Waals surface area contributed by atoms with Gasteiger partial charge in [0.15, 0.2) is 0 Å². The molecule has 1 fully saturated rings. The van der Waals surface area contributed by atoms with Gasteiger partial charge in [-0.2, -0.15) is 13.6 Å². The summed E-state index contributed by atoms with van der Waals surface area (Å²) >= 11 is 0. The van der Waals surface area contributed by atoms with Gasteiger partial charge in [0.1, 0.15) is 24.0 Å². The molecule has 198 valence electrons. The van der Waals surface area contributed by atoms with Crippen molar-refractivity contribution in [2.24, 2.45) is 5.92 Å². The molecular formula is C15H21N6O12P3. The fourth-order valence-corrected chi connectivity index (χ4v) is 6.84. The number of hydrogen-bond donors (Lipinski definition) is 5. The fraction of sp³-hybridized carbons (Fsp3) is 0.467. The minimum atomic E-state index is -5.58. The van der Waals surface area contributed by atoms with E-state index >= 15 is 0 Å². The molecule has 5 unspecified atom stereocenters. The number of ether oxygens (including phenoxy) is 1. The number of nitrogen functional groups attached to an aromatic ring is 1. The number of anilines is 1. The summed E-state index contributed by atoms with van der Waals surface area (Å²) in [6.45, 7) is 1.46. The molecule has 1 saturated heterocycles. The van der Waals surface area contributed by atoms with E-state index in [-0.39, 0.29) is 24.0 Å². The molecule has 0 saturated carbocycles. The summed E-state index contributed by atoms with van der Waals surface area (Å²) in [5.41, 5.74) is 7.06. The number of hydrogen-bond acceptors (Lipinski definition) is 13. The van der Waals surface area contributed by atoms with E-state index in [4.69, 9.17) is 24.8 Å². The van der Waals surface area contributed by atoms with Gasteiger partial charge in [-0.15, -0.1) is 0 Å². The molecule has 0 radical (unpaired) electrons. The topological polar surface area (TPSA) is 265 Å². The van der Waals surface area contributed by atoms with Crippen molar-refractivity contribution in [1.82, 2.24) is 24.7 Å². The van der Waals surface area contributed by atoms with E-state index < -0.39 is 42.4 Å². The summed E-state index contributed by atoms with van der Waals surface area (Å²) < 4.78 is 58.7. The van der Waals surface area contributed by atoms with Crippen LogP contribution in [-0.4, -0.2) is 57.0 Å². The van der Waals surface area contributed by atoms with Gasteiger partial charge in [-0.05, 0) is 12.8 Å². The van der Waals surface area contributed by atoms with Crippen molar-refractivity contribution >= 4 is 40.3 Å². The van der Waals surface area contributed by atoms with Crippen LogP contribution in [0.25, 0.3) is 22.4 Å². The number of rotatable bonds is 10. The predicted octanol–water partition coefficient (Wildman–Crippen LogP) is 1.72. The molecule has 0 bridgehead atoms. The first kappa shape index (κ1) is 27.0. The van der Waals surface area contributed by atoms with Crippen molar-refractivity contribution in [2.75, 3.05) is 12.3 Å². The van der Waals surface area contributed by atoms with E-state index in [1.54, 1.807) is 10.8 Å². The molecule has 6 N–H and O–H groups in total. The third-order valence-electron chi connectivity index (χ3n) is 5.08. The first-order valence-corrected chi connectivity index (χ1v) is 14.6. The van der Waals surface area contributed by atoms with Gasteiger partial charge in [0, 0.05) is 12.1 Å². The number of aromatic nitrogens is 5. The van der Waals surface area contributed by atoms with E-state index in [2.05, 4.69) is 33.3 Å². The number of phosphoric ester groups is 1. The van der Waals surface area contributed by atoms with Gasteiger partial charge in [-0.25, -0.2) is 23.7 Å². The maximum atomic E-state index is 11.9. The van der Waals surface area contributed by atoms with E-state index in [9.17, 15) is 23.5 Å². The Morgan fingerprint density at radius 1 is 1.14 bits per heavy atom. The van der Waals surface area contributed by atoms with Gasteiger partial charge < -0.3 is 39.1 Å². The molecule has 36 heavy (non-hydrogen) atoms. The summed E-state index contributed by atoms with van der Waals surface area (Å²) in [7, 11) is -16.3. The van der Waals surface area contributed by atoms with E-state index in [1.165, 1.54) is 12.7 Å². The average molecular weight is 570 g/mol. The molecule has 4 rings (SSSR count). The molecule has 18 nitrogen and oxygen atoms in total. The summed E-state index contributed by atoms with van der Waals surface area (Å²) in [5, 5.41) is 4.35. The summed E-state index contributed by atoms with van der Waals surface area (Å²) in [5.74, 6) is 0.418. The third-order valence-corrected chi connectivity index (χ3v) is 8.91. The Hall–Kier alpha value is -2.07. The van der Waals surface area contributed by atoms with Crippen LogP contribution < -0.4 is 5.73 Å². The molecule has 1 aliphatic heterocycles. The van der Waals surface area contributed by atoms with Crippen LogP contribution in [0.15, 0.2) is 23.4 Å². The molecule has 3 aromatic rings. The number of nitrogens with zero attached hydrogens (tertiary/aromatic N) is 5. The van der Waals surface area contributed by atoms with Crippen LogP contribution in [0.2, 0.25) is 0 Å². The van der Waals surface area contributed by atoms with Crippen LogP contribution in [-0.2, 0) is 31.6 Å². The minimum absolute atomic E-state index is 0.0635. The maximum Gasteiger partial charge on any atom is 0.490 e. The third kappa shape index (κ3) is 6.25. The fourth-order valence-electron chi connectivity index (χ4n) is 3.81. The van der Waals surface area contributed by atoms with E-state index in [0.29, 0.717) is 23.0 Å². The first-order chi connectivity index (χ1) is 16.7. The Bertz CT molecular complexity index is 1380. The maximum absolute atomic E-state index is 11.9. The number of phosphoric acid groups is 3. The number of nitrogens with two attached hydrogens (primary N) is 1. The van der Waals surface area contributed by atoms with Crippen LogP contribution in [0.5, 0.6) is 0 Å². The molecule has 0 spiro atoms. The Balaban J connectivity index is 1.43. The largest absolute Gasteiger partial charge is 0.490 e. The lowest BCUT2D eigenvalue weighted by Crippen LogP contribution is -2.15. The van der Waals surface area contributed by atoms with Crippen LogP contribution in [0.4, 0.5) is 5.82 Å². The summed E-state index contributed by atoms with van der Waals surface area (Å²) in [6, 6.07) is 0. The lowest BCUT2D eigenvalue weighted by molar-refractivity contribution is -0.0159. The van der Waals surface area contributed by atoms with Crippen LogP contribution in [0.3, 0.4) is 0 Å². The monoisotopic (exact) mass is 570 g/mol. The molecule has 0 aliphatic carbocycles. The lowest BCUT2D eigenvalue weighted by atomic mass is 10.0. The molecule has 4 heterocycles. The quantitative estimate of drug-likeness (QED) is 0.217. The van der Waals surface area contributed by atoms with Gasteiger partial charge in [-0.3, -0.25) is 4.52 Å². The Morgan fingerprint density at radius 3 is 2.56 bits per heavy atom. The second kappa shape index (κ2) is 10.0. The van der Waals surface area contributed by atoms with Crippen molar-refractivity contribution in [3.63, 3.8) is 0 Å². The summed E-state index contributed by atoms with van der Waals surface area (Å²) in [6.07, 6.45) is 3.74. The normalized spacial score (nSPS) is 24.1. The molecule has 21 heteroatoms. The van der Waals surface area contributed by atoms with Gasteiger partial charge in [0.25, 0.3) is 0 Å². The highest BCUT2D eigenvalue weighted by atomic mass is 31.3. The van der Waals surface area contributed by atoms with Crippen molar-refractivity contribution in [3.05, 3.63) is 18.9 Å². The van der Waals surface area contributed by atoms with Gasteiger partial charge >= 0.3 is 23.5 Å². The summed E-state index contributed by atoms with van der Waals surface area (Å²) in [4.78, 5) is 48.3. The number of fused-ring (bicyclic) bond motifs is 1. The van der Waals surface area contributed by atoms with Gasteiger partial charge in [0.05, 0.1) is 23.7 Å². The lowest BCUT2D eigenvalue weighted by Gasteiger charge is -2.19.